The van der Waals surface area contributed by atoms with Crippen LogP contribution in [-0.4, -0.2) is 95.2 Å². The number of hydrogen-bond donors (Lipinski definition) is 2. The van der Waals surface area contributed by atoms with E-state index in [9.17, 15) is 29.1 Å². The molecule has 2 amide bonds. The summed E-state index contributed by atoms with van der Waals surface area (Å²) in [4.78, 5) is 72.6. The van der Waals surface area contributed by atoms with Gasteiger partial charge in [0.1, 0.15) is 28.1 Å². The Bertz CT molecular complexity index is 2210. The lowest BCUT2D eigenvalue weighted by Gasteiger charge is -2.43. The van der Waals surface area contributed by atoms with Crippen LogP contribution in [0, 0.1) is 11.8 Å². The molecule has 0 saturated carbocycles. The lowest BCUT2D eigenvalue weighted by atomic mass is 9.69. The van der Waals surface area contributed by atoms with Crippen LogP contribution in [0.5, 0.6) is 17.2 Å². The van der Waals surface area contributed by atoms with Gasteiger partial charge in [0.15, 0.2) is 17.3 Å². The van der Waals surface area contributed by atoms with Crippen molar-refractivity contribution in [2.45, 2.75) is 67.5 Å². The van der Waals surface area contributed by atoms with Gasteiger partial charge in [-0.25, -0.2) is 0 Å². The second-order valence-electron chi connectivity index (χ2n) is 15.1. The van der Waals surface area contributed by atoms with Crippen molar-refractivity contribution in [3.63, 3.8) is 0 Å². The molecule has 1 saturated heterocycles. The van der Waals surface area contributed by atoms with E-state index in [1.54, 1.807) is 43.0 Å². The molecule has 7 rings (SSSR count). The average molecular weight is 836 g/mol. The highest BCUT2D eigenvalue weighted by Crippen LogP contribution is 2.56. The van der Waals surface area contributed by atoms with Crippen LogP contribution in [-0.2, 0) is 20.9 Å². The van der Waals surface area contributed by atoms with Gasteiger partial charge in [0.25, 0.3) is 5.56 Å². The number of piperidine rings is 1. The molecule has 1 fully saturated rings. The van der Waals surface area contributed by atoms with Crippen molar-refractivity contribution in [3.8, 4) is 17.2 Å². The number of aliphatic hydroxyl groups is 1. The molecular weight excluding hydrogens is 790 g/mol. The normalized spacial score (nSPS) is 23.4. The topological polar surface area (TPSA) is 153 Å². The van der Waals surface area contributed by atoms with Crippen LogP contribution in [0.4, 0.5) is 0 Å². The van der Waals surface area contributed by atoms with Gasteiger partial charge in [-0.05, 0) is 60.8 Å². The number of methoxy groups -OCH3 is 2. The van der Waals surface area contributed by atoms with E-state index in [1.165, 1.54) is 32.0 Å². The van der Waals surface area contributed by atoms with Gasteiger partial charge in [0.05, 0.1) is 14.2 Å². The summed E-state index contributed by atoms with van der Waals surface area (Å²) in [5.74, 6) is -3.17. The van der Waals surface area contributed by atoms with Crippen molar-refractivity contribution in [1.29, 1.82) is 0 Å². The molecule has 1 spiro atoms. The standard InChI is InChI=1S/C42H46ClN3O9S2/c1-22-15-30(47)35(39(50)42(22)40(51)36-31(53-2)18-32(54-3)37(43)38(36)55-42)27(24-9-11-26(57-5)12-10-24)17-33(48)44-28(13-14-56-4)41(52)45-19-23-16-25(21-45)29-7-6-8-34(49)46(29)20-23/h6-12,18,22-23,25,27-28,50H,13-17,19-21H2,1-5H3,(H,44,48). The zero-order chi connectivity index (χ0) is 40.8. The average Bonchev–Trinajstić information content (AvgIpc) is 3.52. The van der Waals surface area contributed by atoms with Gasteiger partial charge in [0.2, 0.25) is 23.2 Å². The number of carbonyl (C=O) groups is 4. The number of ketones is 2. The summed E-state index contributed by atoms with van der Waals surface area (Å²) in [6.45, 7) is 3.08. The molecule has 15 heteroatoms. The number of pyridine rings is 1. The third kappa shape index (κ3) is 7.22. The summed E-state index contributed by atoms with van der Waals surface area (Å²) in [5.41, 5.74) is -0.696. The Kier molecular flexibility index (Phi) is 11.8. The van der Waals surface area contributed by atoms with Gasteiger partial charge in [-0.1, -0.05) is 36.7 Å². The van der Waals surface area contributed by atoms with E-state index in [4.69, 9.17) is 25.8 Å². The van der Waals surface area contributed by atoms with Crippen molar-refractivity contribution < 1.29 is 38.5 Å². The third-order valence-electron chi connectivity index (χ3n) is 11.8. The van der Waals surface area contributed by atoms with Gasteiger partial charge in [-0.15, -0.1) is 11.8 Å². The molecule has 4 aliphatic rings. The van der Waals surface area contributed by atoms with Crippen molar-refractivity contribution >= 4 is 58.5 Å². The van der Waals surface area contributed by atoms with E-state index in [0.717, 1.165) is 17.0 Å². The maximum atomic E-state index is 14.5. The van der Waals surface area contributed by atoms with E-state index in [2.05, 4.69) is 5.32 Å². The molecule has 1 aliphatic carbocycles. The number of fused-ring (bicyclic) bond motifs is 5. The number of aliphatic hydroxyl groups excluding tert-OH is 1. The molecular formula is C42H46ClN3O9S2. The number of ether oxygens (including phenoxy) is 3. The molecule has 12 nitrogen and oxygen atoms in total. The number of likely N-dealkylation sites (tertiary alicyclic amines) is 1. The summed E-state index contributed by atoms with van der Waals surface area (Å²) < 4.78 is 19.1. The summed E-state index contributed by atoms with van der Waals surface area (Å²) in [6.07, 6.45) is 4.64. The number of carbonyl (C=O) groups excluding carboxylic acids is 4. The van der Waals surface area contributed by atoms with Gasteiger partial charge in [-0.2, -0.15) is 11.8 Å². The number of allylic oxidation sites excluding steroid dienone is 1. The highest BCUT2D eigenvalue weighted by molar-refractivity contribution is 7.98. The number of nitrogens with zero attached hydrogens (tertiary/aromatic N) is 2. The maximum absolute atomic E-state index is 14.5. The lowest BCUT2D eigenvalue weighted by Crippen LogP contribution is -2.55. The molecule has 302 valence electrons. The largest absolute Gasteiger partial charge is 0.507 e. The van der Waals surface area contributed by atoms with Crippen molar-refractivity contribution in [3.05, 3.63) is 92.1 Å². The Hall–Kier alpha value is -4.40. The molecule has 1 aromatic heterocycles. The SMILES string of the molecule is COc1cc(OC)c2c(c1Cl)OC1(C2=O)C(O)=C(C(CC(=O)NC(CCSC)C(=O)N2CC3CC(C2)c2cccc(=O)n2C3)c2ccc(SC)cc2)C(=O)CC1C. The van der Waals surface area contributed by atoms with Gasteiger partial charge >= 0.3 is 0 Å². The summed E-state index contributed by atoms with van der Waals surface area (Å²) >= 11 is 9.75. The fourth-order valence-corrected chi connectivity index (χ4v) is 10.1. The second-order valence-corrected chi connectivity index (χ2v) is 17.4. The first-order valence-electron chi connectivity index (χ1n) is 18.9. The fourth-order valence-electron chi connectivity index (χ4n) is 8.99. The van der Waals surface area contributed by atoms with E-state index in [-0.39, 0.29) is 69.6 Å². The summed E-state index contributed by atoms with van der Waals surface area (Å²) in [5, 5.41) is 15.3. The second kappa shape index (κ2) is 16.5. The molecule has 2 bridgehead atoms. The minimum Gasteiger partial charge on any atom is -0.507 e. The Balaban J connectivity index is 1.22. The Morgan fingerprint density at radius 2 is 1.79 bits per heavy atom. The number of benzene rings is 2. The van der Waals surface area contributed by atoms with E-state index < -0.39 is 46.7 Å². The van der Waals surface area contributed by atoms with Gasteiger partial charge < -0.3 is 34.1 Å². The van der Waals surface area contributed by atoms with E-state index in [1.807, 2.05) is 40.2 Å². The molecule has 2 aromatic carbocycles. The maximum Gasteiger partial charge on any atom is 0.250 e. The van der Waals surface area contributed by atoms with Crippen LogP contribution < -0.4 is 25.1 Å². The number of halogens is 1. The van der Waals surface area contributed by atoms with E-state index >= 15 is 0 Å². The zero-order valence-corrected chi connectivity index (χ0v) is 34.9. The minimum atomic E-state index is -2.03. The number of rotatable bonds is 12. The number of hydrogen-bond acceptors (Lipinski definition) is 11. The van der Waals surface area contributed by atoms with Crippen LogP contribution in [0.15, 0.2) is 69.6 Å². The zero-order valence-electron chi connectivity index (χ0n) is 32.5. The van der Waals surface area contributed by atoms with Crippen LogP contribution in [0.1, 0.15) is 66.1 Å². The lowest BCUT2D eigenvalue weighted by molar-refractivity contribution is -0.139. The van der Waals surface area contributed by atoms with Crippen LogP contribution in [0.3, 0.4) is 0 Å². The molecule has 3 aromatic rings. The molecule has 4 heterocycles. The van der Waals surface area contributed by atoms with Crippen molar-refractivity contribution in [2.24, 2.45) is 11.8 Å². The van der Waals surface area contributed by atoms with E-state index in [0.29, 0.717) is 37.4 Å². The summed E-state index contributed by atoms with van der Waals surface area (Å²) in [6, 6.07) is 13.2. The summed E-state index contributed by atoms with van der Waals surface area (Å²) in [7, 11) is 2.80. The predicted molar refractivity (Wildman–Crippen MR) is 219 cm³/mol. The monoisotopic (exact) mass is 835 g/mol. The molecule has 6 atom stereocenters. The molecule has 0 radical (unpaired) electrons. The molecule has 2 N–H and O–H groups in total. The number of aromatic nitrogens is 1. The highest BCUT2D eigenvalue weighted by atomic mass is 35.5. The predicted octanol–water partition coefficient (Wildman–Crippen LogP) is 6.03. The highest BCUT2D eigenvalue weighted by Gasteiger charge is 2.61. The first kappa shape index (κ1) is 40.8. The third-order valence-corrected chi connectivity index (χ3v) is 13.5. The fraction of sp³-hybridized carbons (Fsp3) is 0.452. The van der Waals surface area contributed by atoms with Crippen molar-refractivity contribution in [2.75, 3.05) is 45.6 Å². The number of nitrogens with one attached hydrogen (secondary N) is 1. The van der Waals surface area contributed by atoms with Gasteiger partial charge in [0, 0.05) is 78.5 Å². The molecule has 57 heavy (non-hydrogen) atoms. The first-order valence-corrected chi connectivity index (χ1v) is 21.9. The first-order chi connectivity index (χ1) is 27.4. The Morgan fingerprint density at radius 3 is 2.47 bits per heavy atom. The van der Waals surface area contributed by atoms with Crippen molar-refractivity contribution in [1.82, 2.24) is 14.8 Å². The quantitative estimate of drug-likeness (QED) is 0.206. The smallest absolute Gasteiger partial charge is 0.250 e. The number of Topliss-reactive ketones (excluding diaryl/α,β-unsaturated/α-hetero) is 2. The van der Waals surface area contributed by atoms with Crippen LogP contribution in [0.25, 0.3) is 0 Å². The van der Waals surface area contributed by atoms with Crippen LogP contribution in [0.2, 0.25) is 5.02 Å². The van der Waals surface area contributed by atoms with Gasteiger partial charge in [-0.3, -0.25) is 24.0 Å². The Labute approximate surface area is 344 Å². The van der Waals surface area contributed by atoms with Crippen LogP contribution >= 0.6 is 35.1 Å². The number of amides is 2. The molecule has 3 aliphatic heterocycles. The number of thioether (sulfide) groups is 2. The molecule has 6 unspecified atom stereocenters. The Morgan fingerprint density at radius 1 is 1.05 bits per heavy atom. The minimum absolute atomic E-state index is 0.00502.